The Morgan fingerprint density at radius 2 is 0.611 bits per heavy atom. The second-order valence-electron chi connectivity index (χ2n) is 31.3. The number of hydrogen-bond acceptors (Lipinski definition) is 6. The van der Waals surface area contributed by atoms with Gasteiger partial charge in [-0.05, 0) is 44.9 Å². The van der Waals surface area contributed by atoms with E-state index < -0.39 is 20.0 Å². The van der Waals surface area contributed by atoms with Crippen molar-refractivity contribution in [2.24, 2.45) is 0 Å². The van der Waals surface area contributed by atoms with Crippen LogP contribution in [0.1, 0.15) is 470 Å². The number of hydrogen-bond donors (Lipinski definition) is 2. The number of phosphoric ester groups is 1. The number of nitrogens with zero attached hydrogens (tertiary/aromatic N) is 1. The number of amides is 1. The predicted molar refractivity (Wildman–Crippen MR) is 418 cm³/mol. The molecule has 0 saturated heterocycles. The van der Waals surface area contributed by atoms with Crippen LogP contribution in [-0.4, -0.2) is 68.5 Å². The highest BCUT2D eigenvalue weighted by Gasteiger charge is 2.24. The monoisotopic (exact) mass is 1360 g/mol. The summed E-state index contributed by atoms with van der Waals surface area (Å²) in [6.45, 7) is 4.79. The van der Waals surface area contributed by atoms with Gasteiger partial charge in [-0.1, -0.05) is 443 Å². The van der Waals surface area contributed by atoms with E-state index in [-0.39, 0.29) is 19.1 Å². The molecule has 3 atom stereocenters. The highest BCUT2D eigenvalue weighted by Crippen LogP contribution is 2.38. The number of likely N-dealkylation sites (N-methyl/N-ethyl adjacent to an activating group) is 1. The molecular weight excluding hydrogens is 1190 g/mol. The highest BCUT2D eigenvalue weighted by molar-refractivity contribution is 7.45. The Morgan fingerprint density at radius 1 is 0.368 bits per heavy atom. The largest absolute Gasteiger partial charge is 0.756 e. The summed E-state index contributed by atoms with van der Waals surface area (Å²) in [6.07, 6.45) is 103. The molecule has 0 heterocycles. The van der Waals surface area contributed by atoms with Gasteiger partial charge in [0.15, 0.2) is 0 Å². The fourth-order valence-electron chi connectivity index (χ4n) is 13.8. The number of aliphatic hydroxyl groups excluding tert-OH is 1. The maximum absolute atomic E-state index is 13.1. The molecule has 0 aliphatic rings. The van der Waals surface area contributed by atoms with E-state index in [9.17, 15) is 19.4 Å². The number of allylic oxidation sites excluding steroid dienone is 4. The second kappa shape index (κ2) is 77.1. The molecule has 8 nitrogen and oxygen atoms in total. The van der Waals surface area contributed by atoms with Crippen molar-refractivity contribution in [1.29, 1.82) is 0 Å². The van der Waals surface area contributed by atoms with Crippen molar-refractivity contribution in [3.63, 3.8) is 0 Å². The van der Waals surface area contributed by atoms with Crippen molar-refractivity contribution in [2.75, 3.05) is 40.9 Å². The lowest BCUT2D eigenvalue weighted by Gasteiger charge is -2.30. The van der Waals surface area contributed by atoms with E-state index in [0.717, 1.165) is 44.9 Å². The average molecular weight is 1360 g/mol. The van der Waals surface area contributed by atoms with Crippen LogP contribution in [0.25, 0.3) is 0 Å². The highest BCUT2D eigenvalue weighted by atomic mass is 31.2. The van der Waals surface area contributed by atoms with Gasteiger partial charge in [0.2, 0.25) is 5.91 Å². The third kappa shape index (κ3) is 80.2. The molecule has 95 heavy (non-hydrogen) atoms. The van der Waals surface area contributed by atoms with Gasteiger partial charge in [-0.15, -0.1) is 0 Å². The lowest BCUT2D eigenvalue weighted by Crippen LogP contribution is -2.46. The molecule has 0 aliphatic heterocycles. The summed E-state index contributed by atoms with van der Waals surface area (Å²) < 4.78 is 23.6. The number of rotatable bonds is 82. The third-order valence-electron chi connectivity index (χ3n) is 20.4. The number of carbonyl (C=O) groups excluding carboxylic acids is 1. The zero-order chi connectivity index (χ0) is 69.0. The minimum atomic E-state index is -4.58. The van der Waals surface area contributed by atoms with Crippen LogP contribution in [0.3, 0.4) is 0 Å². The molecule has 3 unspecified atom stereocenters. The van der Waals surface area contributed by atoms with Gasteiger partial charge in [-0.2, -0.15) is 0 Å². The predicted octanol–water partition coefficient (Wildman–Crippen LogP) is 27.9. The molecule has 9 heteroatoms. The zero-order valence-electron chi connectivity index (χ0n) is 65.2. The molecule has 0 radical (unpaired) electrons. The van der Waals surface area contributed by atoms with Crippen molar-refractivity contribution >= 4 is 13.7 Å². The molecule has 2 N–H and O–H groups in total. The van der Waals surface area contributed by atoms with Gasteiger partial charge in [-0.25, -0.2) is 0 Å². The summed E-state index contributed by atoms with van der Waals surface area (Å²) in [4.78, 5) is 25.8. The lowest BCUT2D eigenvalue weighted by molar-refractivity contribution is -0.870. The van der Waals surface area contributed by atoms with Crippen LogP contribution < -0.4 is 10.2 Å². The molecule has 0 aromatic rings. The first kappa shape index (κ1) is 94.0. The maximum Gasteiger partial charge on any atom is 0.268 e. The van der Waals surface area contributed by atoms with Gasteiger partial charge in [0, 0.05) is 6.42 Å². The first-order chi connectivity index (χ1) is 46.5. The summed E-state index contributed by atoms with van der Waals surface area (Å²) in [5.41, 5.74) is 0. The van der Waals surface area contributed by atoms with E-state index in [1.807, 2.05) is 21.1 Å². The number of carbonyl (C=O) groups is 1. The van der Waals surface area contributed by atoms with Crippen LogP contribution in [0.5, 0.6) is 0 Å². The Kier molecular flexibility index (Phi) is 76.3. The molecular formula is C86H171N2O6P. The fraction of sp³-hybridized carbons (Fsp3) is 0.942. The van der Waals surface area contributed by atoms with Gasteiger partial charge in [0.25, 0.3) is 7.82 Å². The molecule has 0 aliphatic carbocycles. The summed E-state index contributed by atoms with van der Waals surface area (Å²) >= 11 is 0. The van der Waals surface area contributed by atoms with Crippen LogP contribution in [-0.2, 0) is 18.4 Å². The number of quaternary nitrogens is 1. The van der Waals surface area contributed by atoms with Gasteiger partial charge >= 0.3 is 0 Å². The fourth-order valence-corrected chi connectivity index (χ4v) is 14.5. The smallest absolute Gasteiger partial charge is 0.268 e. The molecule has 0 aromatic carbocycles. The Labute approximate surface area is 595 Å². The van der Waals surface area contributed by atoms with Crippen molar-refractivity contribution in [2.45, 2.75) is 482 Å². The Morgan fingerprint density at radius 3 is 0.874 bits per heavy atom. The molecule has 0 bridgehead atoms. The third-order valence-corrected chi connectivity index (χ3v) is 21.4. The van der Waals surface area contributed by atoms with Crippen molar-refractivity contribution in [3.8, 4) is 0 Å². The van der Waals surface area contributed by atoms with E-state index in [1.54, 1.807) is 0 Å². The molecule has 0 saturated carbocycles. The van der Waals surface area contributed by atoms with Gasteiger partial charge in [0.1, 0.15) is 13.2 Å². The van der Waals surface area contributed by atoms with Gasteiger partial charge in [-0.3, -0.25) is 9.36 Å². The number of phosphoric acid groups is 1. The zero-order valence-corrected chi connectivity index (χ0v) is 66.1. The van der Waals surface area contributed by atoms with Crippen LogP contribution in [0, 0.1) is 0 Å². The van der Waals surface area contributed by atoms with E-state index in [4.69, 9.17) is 9.05 Å². The number of aliphatic hydroxyl groups is 1. The van der Waals surface area contributed by atoms with Crippen LogP contribution >= 0.6 is 7.82 Å². The SMILES string of the molecule is CCCCCCC/C=C\C/C=C\CCCCCCCCCCCCCCCCCCCCCCCCCCCCCCCC(=O)NC(COP(=O)([O-])OCC[N+](C)(C)C)C(O)CCCCCCCCCCCCCCCCCCCCCCCCCCCCCCCCCC. The summed E-state index contributed by atoms with van der Waals surface area (Å²) in [6, 6.07) is -0.800. The molecule has 566 valence electrons. The normalized spacial score (nSPS) is 13.5. The second-order valence-corrected chi connectivity index (χ2v) is 32.7. The van der Waals surface area contributed by atoms with Crippen LogP contribution in [0.2, 0.25) is 0 Å². The molecule has 0 rings (SSSR count). The topological polar surface area (TPSA) is 108 Å². The Hall–Kier alpha value is -1.02. The Balaban J connectivity index is 3.85. The van der Waals surface area contributed by atoms with E-state index in [0.29, 0.717) is 23.9 Å². The van der Waals surface area contributed by atoms with Crippen molar-refractivity contribution < 1.29 is 32.9 Å². The minimum absolute atomic E-state index is 0.0161. The quantitative estimate of drug-likeness (QED) is 0.0272. The minimum Gasteiger partial charge on any atom is -0.756 e. The number of nitrogens with one attached hydrogen (secondary N) is 1. The van der Waals surface area contributed by atoms with Crippen molar-refractivity contribution in [3.05, 3.63) is 24.3 Å². The number of unbranched alkanes of at least 4 members (excludes halogenated alkanes) is 65. The van der Waals surface area contributed by atoms with E-state index in [1.165, 1.54) is 398 Å². The first-order valence-electron chi connectivity index (χ1n) is 43.2. The average Bonchev–Trinajstić information content (AvgIpc) is 2.01. The summed E-state index contributed by atoms with van der Waals surface area (Å²) in [5.74, 6) is -0.152. The molecule has 0 aromatic heterocycles. The molecule has 0 spiro atoms. The summed E-state index contributed by atoms with van der Waals surface area (Å²) in [5, 5.41) is 14.2. The molecule has 0 fully saturated rings. The Bertz CT molecular complexity index is 1600. The maximum atomic E-state index is 13.1. The lowest BCUT2D eigenvalue weighted by atomic mass is 10.0. The first-order valence-corrected chi connectivity index (χ1v) is 44.6. The van der Waals surface area contributed by atoms with E-state index in [2.05, 4.69) is 43.5 Å². The summed E-state index contributed by atoms with van der Waals surface area (Å²) in [7, 11) is 1.33. The van der Waals surface area contributed by atoms with Gasteiger partial charge in [0.05, 0.1) is 39.9 Å². The van der Waals surface area contributed by atoms with Gasteiger partial charge < -0.3 is 28.8 Å². The van der Waals surface area contributed by atoms with Crippen LogP contribution in [0.15, 0.2) is 24.3 Å². The molecule has 1 amide bonds. The van der Waals surface area contributed by atoms with Crippen LogP contribution in [0.4, 0.5) is 0 Å². The van der Waals surface area contributed by atoms with Crippen molar-refractivity contribution in [1.82, 2.24) is 5.32 Å². The van der Waals surface area contributed by atoms with E-state index >= 15 is 0 Å². The standard InChI is InChI=1S/C86H171N2O6P/c1-6-8-10-12-14-16-18-20-22-24-26-28-30-32-34-36-38-40-41-42-43-44-45-46-47-48-50-52-54-56-58-60-62-64-66-68-70-72-74-76-78-80-86(90)87-84(83-94-95(91,92)93-82-81-88(3,4)5)85(89)79-77-75-73-71-69-67-65-63-61-59-57-55-53-51-49-39-37-35-33-31-29-27-25-23-21-19-17-15-13-11-9-7-2/h18,20,24,26,84-85,89H,6-17,19,21-23,25,27-83H2,1-5H3,(H-,87,90,91,92)/b20-18-,26-24-.